The molecule has 1 aliphatic heterocycles. The molecule has 4 rings (SSSR count). The Morgan fingerprint density at radius 3 is 2.50 bits per heavy atom. The molecular weight excluding hydrogens is 359 g/mol. The van der Waals surface area contributed by atoms with Gasteiger partial charge in [0.25, 0.3) is 0 Å². The predicted molar refractivity (Wildman–Crippen MR) is 104 cm³/mol. The molecule has 0 saturated carbocycles. The summed E-state index contributed by atoms with van der Waals surface area (Å²) in [6.07, 6.45) is -0.0194. The Morgan fingerprint density at radius 2 is 1.82 bits per heavy atom. The quantitative estimate of drug-likeness (QED) is 0.727. The van der Waals surface area contributed by atoms with E-state index in [1.54, 1.807) is 4.68 Å². The Morgan fingerprint density at radius 1 is 1.14 bits per heavy atom. The van der Waals surface area contributed by atoms with Crippen LogP contribution in [-0.2, 0) is 9.59 Å². The minimum Gasteiger partial charge on any atom is -0.324 e. The first-order valence-corrected chi connectivity index (χ1v) is 8.95. The van der Waals surface area contributed by atoms with Gasteiger partial charge in [-0.1, -0.05) is 29.8 Å². The van der Waals surface area contributed by atoms with Crippen LogP contribution in [-0.4, -0.2) is 21.6 Å². The van der Waals surface area contributed by atoms with Crippen LogP contribution in [0, 0.1) is 19.7 Å². The van der Waals surface area contributed by atoms with E-state index in [0.717, 1.165) is 22.4 Å². The van der Waals surface area contributed by atoms with Gasteiger partial charge in [-0.25, -0.2) is 9.07 Å². The summed E-state index contributed by atoms with van der Waals surface area (Å²) < 4.78 is 14.6. The number of rotatable bonds is 3. The van der Waals surface area contributed by atoms with E-state index >= 15 is 0 Å². The number of nitrogens with zero attached hydrogens (tertiary/aromatic N) is 2. The molecule has 0 spiro atoms. The topological polar surface area (TPSA) is 76.0 Å². The second-order valence-corrected chi connectivity index (χ2v) is 6.90. The normalized spacial score (nSPS) is 15.7. The van der Waals surface area contributed by atoms with Crippen LogP contribution in [0.2, 0.25) is 0 Å². The minimum atomic E-state index is -0.785. The van der Waals surface area contributed by atoms with Gasteiger partial charge in [-0.05, 0) is 38.1 Å². The smallest absolute Gasteiger partial charge is 0.249 e. The molecule has 0 radical (unpaired) electrons. The van der Waals surface area contributed by atoms with Crippen molar-refractivity contribution in [2.45, 2.75) is 26.3 Å². The number of benzene rings is 2. The van der Waals surface area contributed by atoms with E-state index in [9.17, 15) is 14.0 Å². The second-order valence-electron chi connectivity index (χ2n) is 6.90. The third-order valence-corrected chi connectivity index (χ3v) is 4.82. The van der Waals surface area contributed by atoms with Crippen LogP contribution in [0.4, 0.5) is 15.9 Å². The molecule has 1 aliphatic rings. The lowest BCUT2D eigenvalue weighted by Crippen LogP contribution is -2.35. The molecule has 7 heteroatoms. The number of hydrogen-bond donors (Lipinski definition) is 2. The number of aryl methyl sites for hydroxylation is 1. The van der Waals surface area contributed by atoms with Crippen molar-refractivity contribution in [2.24, 2.45) is 0 Å². The third kappa shape index (κ3) is 3.26. The van der Waals surface area contributed by atoms with E-state index in [2.05, 4.69) is 15.7 Å². The zero-order valence-corrected chi connectivity index (χ0v) is 15.5. The van der Waals surface area contributed by atoms with Gasteiger partial charge in [-0.3, -0.25) is 9.59 Å². The number of halogens is 1. The Balaban J connectivity index is 1.69. The Bertz CT molecular complexity index is 1060. The summed E-state index contributed by atoms with van der Waals surface area (Å²) in [4.78, 5) is 25.0. The largest absolute Gasteiger partial charge is 0.324 e. The van der Waals surface area contributed by atoms with Gasteiger partial charge in [0.2, 0.25) is 11.8 Å². The molecule has 0 fully saturated rings. The summed E-state index contributed by atoms with van der Waals surface area (Å²) >= 11 is 0. The van der Waals surface area contributed by atoms with Gasteiger partial charge in [0, 0.05) is 16.8 Å². The molecule has 0 aliphatic carbocycles. The molecule has 2 amide bonds. The van der Waals surface area contributed by atoms with E-state index < -0.39 is 6.04 Å². The molecule has 0 bridgehead atoms. The number of amides is 2. The maximum atomic E-state index is 13.1. The number of anilines is 2. The molecule has 6 nitrogen and oxygen atoms in total. The summed E-state index contributed by atoms with van der Waals surface area (Å²) in [7, 11) is 0. The van der Waals surface area contributed by atoms with Gasteiger partial charge in [-0.15, -0.1) is 0 Å². The lowest BCUT2D eigenvalue weighted by atomic mass is 10.1. The molecule has 1 unspecified atom stereocenters. The van der Waals surface area contributed by atoms with Gasteiger partial charge in [0.05, 0.1) is 12.1 Å². The van der Waals surface area contributed by atoms with Crippen molar-refractivity contribution in [3.63, 3.8) is 0 Å². The average molecular weight is 378 g/mol. The Hall–Kier alpha value is -3.48. The maximum absolute atomic E-state index is 13.1. The first kappa shape index (κ1) is 17.9. The standard InChI is InChI=1S/C21H19FN4O2/c1-12-3-5-14(6-4-12)19-13(2)20-24-18(27)11-17(26(20)25-19)21(28)23-16-9-7-15(22)8-10-16/h3-10,17H,11H2,1-2H3,(H,23,28)(H,24,27). The Kier molecular flexibility index (Phi) is 4.43. The van der Waals surface area contributed by atoms with Gasteiger partial charge >= 0.3 is 0 Å². The molecule has 2 aromatic carbocycles. The number of aromatic nitrogens is 2. The molecule has 1 aromatic heterocycles. The zero-order chi connectivity index (χ0) is 19.8. The van der Waals surface area contributed by atoms with Crippen molar-refractivity contribution >= 4 is 23.3 Å². The second kappa shape index (κ2) is 6.92. The lowest BCUT2D eigenvalue weighted by Gasteiger charge is -2.24. The van der Waals surface area contributed by atoms with E-state index in [0.29, 0.717) is 11.5 Å². The molecule has 3 aromatic rings. The highest BCUT2D eigenvalue weighted by atomic mass is 19.1. The van der Waals surface area contributed by atoms with Gasteiger partial charge in [0.15, 0.2) is 0 Å². The first-order valence-electron chi connectivity index (χ1n) is 8.95. The first-order chi connectivity index (χ1) is 13.4. The fourth-order valence-corrected chi connectivity index (χ4v) is 3.29. The highest BCUT2D eigenvalue weighted by Gasteiger charge is 2.34. The summed E-state index contributed by atoms with van der Waals surface area (Å²) in [6, 6.07) is 12.6. The van der Waals surface area contributed by atoms with Crippen LogP contribution >= 0.6 is 0 Å². The van der Waals surface area contributed by atoms with Gasteiger partial charge < -0.3 is 10.6 Å². The lowest BCUT2D eigenvalue weighted by molar-refractivity contribution is -0.125. The molecule has 2 heterocycles. The number of carbonyl (C=O) groups excluding carboxylic acids is 2. The van der Waals surface area contributed by atoms with Crippen molar-refractivity contribution < 1.29 is 14.0 Å². The maximum Gasteiger partial charge on any atom is 0.249 e. The molecule has 0 saturated heterocycles. The van der Waals surface area contributed by atoms with Crippen LogP contribution in [0.15, 0.2) is 48.5 Å². The van der Waals surface area contributed by atoms with Crippen LogP contribution < -0.4 is 10.6 Å². The van der Waals surface area contributed by atoms with Crippen molar-refractivity contribution in [3.05, 3.63) is 65.5 Å². The predicted octanol–water partition coefficient (Wildman–Crippen LogP) is 3.83. The van der Waals surface area contributed by atoms with Crippen molar-refractivity contribution in [1.29, 1.82) is 0 Å². The number of hydrogen-bond acceptors (Lipinski definition) is 3. The molecular formula is C21H19FN4O2. The van der Waals surface area contributed by atoms with Crippen LogP contribution in [0.1, 0.15) is 23.6 Å². The summed E-state index contributed by atoms with van der Waals surface area (Å²) in [5, 5.41) is 10.2. The highest BCUT2D eigenvalue weighted by molar-refractivity contribution is 6.02. The molecule has 142 valence electrons. The molecule has 28 heavy (non-hydrogen) atoms. The van der Waals surface area contributed by atoms with Crippen molar-refractivity contribution in [2.75, 3.05) is 10.6 Å². The van der Waals surface area contributed by atoms with E-state index in [4.69, 9.17) is 0 Å². The Labute approximate surface area is 161 Å². The van der Waals surface area contributed by atoms with Crippen LogP contribution in [0.25, 0.3) is 11.3 Å². The number of nitrogens with one attached hydrogen (secondary N) is 2. The minimum absolute atomic E-state index is 0.0194. The highest BCUT2D eigenvalue weighted by Crippen LogP contribution is 2.34. The summed E-state index contributed by atoms with van der Waals surface area (Å²) in [5.74, 6) is -0.486. The fourth-order valence-electron chi connectivity index (χ4n) is 3.29. The van der Waals surface area contributed by atoms with E-state index in [-0.39, 0.29) is 24.1 Å². The average Bonchev–Trinajstić information content (AvgIpc) is 3.00. The molecule has 2 N–H and O–H groups in total. The number of carbonyl (C=O) groups is 2. The van der Waals surface area contributed by atoms with Gasteiger partial charge in [-0.2, -0.15) is 5.10 Å². The third-order valence-electron chi connectivity index (χ3n) is 4.82. The number of fused-ring (bicyclic) bond motifs is 1. The van der Waals surface area contributed by atoms with Crippen LogP contribution in [0.5, 0.6) is 0 Å². The SMILES string of the molecule is Cc1ccc(-c2nn3c(c2C)NC(=O)CC3C(=O)Nc2ccc(F)cc2)cc1. The van der Waals surface area contributed by atoms with E-state index in [1.807, 2.05) is 38.1 Å². The van der Waals surface area contributed by atoms with E-state index in [1.165, 1.54) is 24.3 Å². The monoisotopic (exact) mass is 378 g/mol. The fraction of sp³-hybridized carbons (Fsp3) is 0.190. The van der Waals surface area contributed by atoms with Gasteiger partial charge in [0.1, 0.15) is 17.7 Å². The molecule has 1 atom stereocenters. The zero-order valence-electron chi connectivity index (χ0n) is 15.5. The van der Waals surface area contributed by atoms with Crippen molar-refractivity contribution in [3.8, 4) is 11.3 Å². The summed E-state index contributed by atoms with van der Waals surface area (Å²) in [6.45, 7) is 3.87. The summed E-state index contributed by atoms with van der Waals surface area (Å²) in [5.41, 5.74) is 4.03. The van der Waals surface area contributed by atoms with Crippen LogP contribution in [0.3, 0.4) is 0 Å². The van der Waals surface area contributed by atoms with Crippen molar-refractivity contribution in [1.82, 2.24) is 9.78 Å².